The molecule has 1 atom stereocenters. The molecule has 0 unspecified atom stereocenters. The van der Waals surface area contributed by atoms with Crippen LogP contribution in [0.4, 0.5) is 5.13 Å². The van der Waals surface area contributed by atoms with Crippen LogP contribution in [0.25, 0.3) is 5.76 Å². The smallest absolute Gasteiger partial charge is 0.350 e. The molecular weight excluding hydrogens is 518 g/mol. The minimum Gasteiger partial charge on any atom is -0.507 e. The van der Waals surface area contributed by atoms with Gasteiger partial charge in [-0.25, -0.2) is 9.78 Å². The lowest BCUT2D eigenvalue weighted by molar-refractivity contribution is -0.132. The van der Waals surface area contributed by atoms with Gasteiger partial charge < -0.3 is 14.6 Å². The summed E-state index contributed by atoms with van der Waals surface area (Å²) in [6.45, 7) is 8.40. The van der Waals surface area contributed by atoms with Gasteiger partial charge in [-0.15, -0.1) is 0 Å². The molecule has 0 spiro atoms. The van der Waals surface area contributed by atoms with E-state index in [1.54, 1.807) is 49.5 Å². The molecule has 1 N–H and O–H groups in total. The zero-order chi connectivity index (χ0) is 28.1. The molecule has 4 rings (SSSR count). The highest BCUT2D eigenvalue weighted by atomic mass is 32.1. The number of esters is 1. The number of aryl methyl sites for hydroxylation is 1. The van der Waals surface area contributed by atoms with Gasteiger partial charge in [-0.05, 0) is 55.2 Å². The molecule has 204 valence electrons. The van der Waals surface area contributed by atoms with E-state index in [0.717, 1.165) is 24.2 Å². The molecule has 0 bridgehead atoms. The highest BCUT2D eigenvalue weighted by Crippen LogP contribution is 2.43. The first kappa shape index (κ1) is 28.0. The van der Waals surface area contributed by atoms with Crippen LogP contribution in [0, 0.1) is 12.8 Å². The standard InChI is InChI=1S/C29H31N3O6S/c1-5-6-14-37-21-11-9-19(10-12-21)24(33)22-23(20-8-7-13-30-15-20)32(27(35)25(22)34)29-31-18(4)26(39-29)28(36)38-16-17(2)3/h7-13,15,17,23,33H,5-6,14,16H2,1-4H3/t23-/m1/s1. The Morgan fingerprint density at radius 1 is 1.18 bits per heavy atom. The topological polar surface area (TPSA) is 119 Å². The van der Waals surface area contributed by atoms with E-state index in [4.69, 9.17) is 9.47 Å². The number of aliphatic hydroxyl groups is 1. The van der Waals surface area contributed by atoms with Crippen molar-refractivity contribution in [2.24, 2.45) is 5.92 Å². The molecular formula is C29H31N3O6S. The third-order valence-electron chi connectivity index (χ3n) is 6.06. The highest BCUT2D eigenvalue weighted by Gasteiger charge is 2.48. The van der Waals surface area contributed by atoms with E-state index in [9.17, 15) is 19.5 Å². The van der Waals surface area contributed by atoms with Crippen molar-refractivity contribution in [2.75, 3.05) is 18.1 Å². The van der Waals surface area contributed by atoms with Crippen molar-refractivity contribution < 1.29 is 29.0 Å². The van der Waals surface area contributed by atoms with Gasteiger partial charge in [0.05, 0.1) is 30.5 Å². The third-order valence-corrected chi connectivity index (χ3v) is 7.20. The number of hydrogen-bond acceptors (Lipinski definition) is 9. The predicted molar refractivity (Wildman–Crippen MR) is 148 cm³/mol. The normalized spacial score (nSPS) is 16.6. The Kier molecular flexibility index (Phi) is 8.75. The summed E-state index contributed by atoms with van der Waals surface area (Å²) in [5, 5.41) is 11.5. The number of Topliss-reactive ketones (excluding diaryl/α,β-unsaturated/α-hetero) is 1. The SMILES string of the molecule is CCCCOc1ccc(C(O)=C2C(=O)C(=O)N(c3nc(C)c(C(=O)OCC(C)C)s3)[C@@H]2c2cccnc2)cc1. The van der Waals surface area contributed by atoms with Gasteiger partial charge in [-0.2, -0.15) is 0 Å². The van der Waals surface area contributed by atoms with Crippen LogP contribution in [-0.2, 0) is 14.3 Å². The monoisotopic (exact) mass is 549 g/mol. The number of aliphatic hydroxyl groups excluding tert-OH is 1. The predicted octanol–water partition coefficient (Wildman–Crippen LogP) is 5.46. The van der Waals surface area contributed by atoms with E-state index in [2.05, 4.69) is 16.9 Å². The van der Waals surface area contributed by atoms with Crippen LogP contribution in [0.2, 0.25) is 0 Å². The molecule has 0 aliphatic carbocycles. The largest absolute Gasteiger partial charge is 0.507 e. The number of nitrogens with zero attached hydrogens (tertiary/aromatic N) is 3. The van der Waals surface area contributed by atoms with Gasteiger partial charge in [0.15, 0.2) is 5.13 Å². The fourth-order valence-corrected chi connectivity index (χ4v) is 5.05. The van der Waals surface area contributed by atoms with Crippen molar-refractivity contribution in [1.82, 2.24) is 9.97 Å². The lowest BCUT2D eigenvalue weighted by Gasteiger charge is -2.22. The Morgan fingerprint density at radius 3 is 2.56 bits per heavy atom. The van der Waals surface area contributed by atoms with Gasteiger partial charge in [0.25, 0.3) is 5.78 Å². The molecule has 0 radical (unpaired) electrons. The molecule has 1 saturated heterocycles. The number of unbranched alkanes of at least 4 members (excludes halogenated alkanes) is 1. The molecule has 0 saturated carbocycles. The summed E-state index contributed by atoms with van der Waals surface area (Å²) in [7, 11) is 0. The van der Waals surface area contributed by atoms with Crippen LogP contribution in [-0.4, -0.2) is 45.9 Å². The summed E-state index contributed by atoms with van der Waals surface area (Å²) in [5.41, 5.74) is 1.16. The minimum absolute atomic E-state index is 0.0931. The Labute approximate surface area is 231 Å². The second kappa shape index (κ2) is 12.2. The number of carbonyl (C=O) groups is 3. The zero-order valence-corrected chi connectivity index (χ0v) is 23.2. The van der Waals surface area contributed by atoms with Crippen LogP contribution < -0.4 is 9.64 Å². The zero-order valence-electron chi connectivity index (χ0n) is 22.3. The lowest BCUT2D eigenvalue weighted by atomic mass is 9.96. The Hall–Kier alpha value is -4.05. The molecule has 39 heavy (non-hydrogen) atoms. The summed E-state index contributed by atoms with van der Waals surface area (Å²) in [5.74, 6) is -1.79. The fourth-order valence-electron chi connectivity index (χ4n) is 4.06. The maximum Gasteiger partial charge on any atom is 0.350 e. The number of hydrogen-bond donors (Lipinski definition) is 1. The number of thiazole rings is 1. The van der Waals surface area contributed by atoms with E-state index in [-0.39, 0.29) is 33.9 Å². The van der Waals surface area contributed by atoms with Gasteiger partial charge >= 0.3 is 11.9 Å². The summed E-state index contributed by atoms with van der Waals surface area (Å²) in [6.07, 6.45) is 5.03. The molecule has 1 aromatic carbocycles. The molecule has 2 aromatic heterocycles. The number of amides is 1. The number of aromatic nitrogens is 2. The number of ether oxygens (including phenoxy) is 2. The van der Waals surface area contributed by atoms with Crippen molar-refractivity contribution in [2.45, 2.75) is 46.6 Å². The van der Waals surface area contributed by atoms with Crippen LogP contribution in [0.3, 0.4) is 0 Å². The molecule has 1 aliphatic rings. The number of pyridine rings is 1. The first-order valence-electron chi connectivity index (χ1n) is 12.8. The van der Waals surface area contributed by atoms with Crippen LogP contribution in [0.1, 0.15) is 66.1 Å². The van der Waals surface area contributed by atoms with Crippen molar-refractivity contribution >= 4 is 39.9 Å². The van der Waals surface area contributed by atoms with Gasteiger partial charge in [-0.1, -0.05) is 44.6 Å². The quantitative estimate of drug-likeness (QED) is 0.116. The Balaban J connectivity index is 1.75. The first-order valence-corrected chi connectivity index (χ1v) is 13.6. The summed E-state index contributed by atoms with van der Waals surface area (Å²) in [4.78, 5) is 49.5. The van der Waals surface area contributed by atoms with Crippen molar-refractivity contribution in [3.63, 3.8) is 0 Å². The molecule has 10 heteroatoms. The van der Waals surface area contributed by atoms with Gasteiger partial charge in [-0.3, -0.25) is 19.5 Å². The molecule has 1 aliphatic heterocycles. The van der Waals surface area contributed by atoms with Gasteiger partial charge in [0, 0.05) is 18.0 Å². The van der Waals surface area contributed by atoms with E-state index < -0.39 is 23.7 Å². The Morgan fingerprint density at radius 2 is 1.92 bits per heavy atom. The molecule has 3 heterocycles. The first-order chi connectivity index (χ1) is 18.7. The van der Waals surface area contributed by atoms with Gasteiger partial charge in [0.2, 0.25) is 0 Å². The van der Waals surface area contributed by atoms with Crippen LogP contribution in [0.15, 0.2) is 54.4 Å². The van der Waals surface area contributed by atoms with Gasteiger partial charge in [0.1, 0.15) is 16.4 Å². The molecule has 3 aromatic rings. The number of carbonyl (C=O) groups excluding carboxylic acids is 3. The third kappa shape index (κ3) is 6.01. The Bertz CT molecular complexity index is 1380. The fraction of sp³-hybridized carbons (Fsp3) is 0.345. The average molecular weight is 550 g/mol. The molecule has 9 nitrogen and oxygen atoms in total. The van der Waals surface area contributed by atoms with E-state index >= 15 is 0 Å². The number of anilines is 1. The van der Waals surface area contributed by atoms with E-state index in [1.807, 2.05) is 13.8 Å². The second-order valence-electron chi connectivity index (χ2n) is 9.59. The van der Waals surface area contributed by atoms with Crippen molar-refractivity contribution in [3.8, 4) is 5.75 Å². The number of benzene rings is 1. The van der Waals surface area contributed by atoms with Crippen LogP contribution >= 0.6 is 11.3 Å². The van der Waals surface area contributed by atoms with Crippen molar-refractivity contribution in [1.29, 1.82) is 0 Å². The molecule has 1 amide bonds. The average Bonchev–Trinajstić information content (AvgIpc) is 3.44. The highest BCUT2D eigenvalue weighted by molar-refractivity contribution is 7.17. The van der Waals surface area contributed by atoms with E-state index in [1.165, 1.54) is 11.1 Å². The van der Waals surface area contributed by atoms with Crippen molar-refractivity contribution in [3.05, 3.63) is 76.1 Å². The number of rotatable bonds is 10. The van der Waals surface area contributed by atoms with E-state index in [0.29, 0.717) is 29.2 Å². The summed E-state index contributed by atoms with van der Waals surface area (Å²) in [6, 6.07) is 9.09. The summed E-state index contributed by atoms with van der Waals surface area (Å²) >= 11 is 0.968. The minimum atomic E-state index is -0.996. The summed E-state index contributed by atoms with van der Waals surface area (Å²) < 4.78 is 11.0. The lowest BCUT2D eigenvalue weighted by Crippen LogP contribution is -2.29. The number of ketones is 1. The molecule has 1 fully saturated rings. The maximum absolute atomic E-state index is 13.4. The maximum atomic E-state index is 13.4. The second-order valence-corrected chi connectivity index (χ2v) is 10.6. The van der Waals surface area contributed by atoms with Crippen LogP contribution in [0.5, 0.6) is 5.75 Å².